The Kier molecular flexibility index (Phi) is 10.5. The van der Waals surface area contributed by atoms with E-state index in [9.17, 15) is 29.1 Å². The molecule has 11 nitrogen and oxygen atoms in total. The van der Waals surface area contributed by atoms with Crippen LogP contribution < -0.4 is 5.32 Å². The average Bonchev–Trinajstić information content (AvgIpc) is 2.46. The van der Waals surface area contributed by atoms with E-state index in [0.717, 1.165) is 4.90 Å². The predicted molar refractivity (Wildman–Crippen MR) is 82.0 cm³/mol. The topological polar surface area (TPSA) is 182 Å². The van der Waals surface area contributed by atoms with E-state index in [0.29, 0.717) is 12.8 Å². The van der Waals surface area contributed by atoms with Crippen molar-refractivity contribution < 1.29 is 44.4 Å². The highest BCUT2D eigenvalue weighted by Crippen LogP contribution is 2.09. The summed E-state index contributed by atoms with van der Waals surface area (Å²) in [7, 11) is 0. The molecule has 5 N–H and O–H groups in total. The molecule has 0 saturated heterocycles. The van der Waals surface area contributed by atoms with Crippen LogP contribution in [-0.4, -0.2) is 80.8 Å². The molecule has 0 aromatic rings. The van der Waals surface area contributed by atoms with Gasteiger partial charge in [0.2, 0.25) is 5.91 Å². The molecule has 0 aliphatic heterocycles. The number of unbranched alkanes of at least 4 members (excludes halogenated alkanes) is 1. The smallest absolute Gasteiger partial charge is 0.320 e. The Balaban J connectivity index is 4.35. The number of hydrogen-bond acceptors (Lipinski definition) is 6. The molecular weight excluding hydrogens is 340 g/mol. The quantitative estimate of drug-likeness (QED) is 0.242. The largest absolute Gasteiger partial charge is 0.481 e. The Morgan fingerprint density at radius 1 is 0.800 bits per heavy atom. The minimum absolute atomic E-state index is 0.0148. The van der Waals surface area contributed by atoms with Crippen molar-refractivity contribution >= 4 is 29.8 Å². The van der Waals surface area contributed by atoms with Crippen LogP contribution in [0.4, 0.5) is 0 Å². The second-order valence-corrected chi connectivity index (χ2v) is 5.29. The molecule has 142 valence electrons. The molecule has 0 fully saturated rings. The molecule has 11 heteroatoms. The Morgan fingerprint density at radius 2 is 1.36 bits per heavy atom. The van der Waals surface area contributed by atoms with E-state index in [1.807, 2.05) is 0 Å². The maximum absolute atomic E-state index is 11.3. The minimum Gasteiger partial charge on any atom is -0.481 e. The van der Waals surface area contributed by atoms with Crippen molar-refractivity contribution in [3.8, 4) is 0 Å². The summed E-state index contributed by atoms with van der Waals surface area (Å²) in [6, 6.07) is -1.27. The van der Waals surface area contributed by atoms with E-state index in [1.54, 1.807) is 0 Å². The second kappa shape index (κ2) is 11.8. The zero-order valence-corrected chi connectivity index (χ0v) is 13.5. The van der Waals surface area contributed by atoms with Crippen LogP contribution in [0.15, 0.2) is 0 Å². The first-order chi connectivity index (χ1) is 11.6. The Bertz CT molecular complexity index is 491. The number of nitrogens with zero attached hydrogens (tertiary/aromatic N) is 1. The molecule has 0 aromatic heterocycles. The van der Waals surface area contributed by atoms with Crippen LogP contribution >= 0.6 is 0 Å². The van der Waals surface area contributed by atoms with E-state index >= 15 is 0 Å². The van der Waals surface area contributed by atoms with Gasteiger partial charge in [-0.2, -0.15) is 0 Å². The Morgan fingerprint density at radius 3 is 1.80 bits per heavy atom. The zero-order valence-electron chi connectivity index (χ0n) is 13.5. The summed E-state index contributed by atoms with van der Waals surface area (Å²) in [6.07, 6.45) is 0.272. The van der Waals surface area contributed by atoms with Crippen LogP contribution in [0.5, 0.6) is 0 Å². The van der Waals surface area contributed by atoms with Gasteiger partial charge in [0.15, 0.2) is 0 Å². The van der Waals surface area contributed by atoms with Crippen LogP contribution in [0.1, 0.15) is 32.1 Å². The first-order valence-corrected chi connectivity index (χ1v) is 7.52. The van der Waals surface area contributed by atoms with Gasteiger partial charge in [-0.05, 0) is 19.3 Å². The molecule has 25 heavy (non-hydrogen) atoms. The normalized spacial score (nSPS) is 11.7. The van der Waals surface area contributed by atoms with Crippen LogP contribution in [0.25, 0.3) is 0 Å². The van der Waals surface area contributed by atoms with Crippen molar-refractivity contribution in [3.63, 3.8) is 0 Å². The van der Waals surface area contributed by atoms with Gasteiger partial charge in [-0.15, -0.1) is 0 Å². The van der Waals surface area contributed by atoms with Crippen LogP contribution in [0.3, 0.4) is 0 Å². The van der Waals surface area contributed by atoms with Crippen molar-refractivity contribution in [2.45, 2.75) is 38.1 Å². The number of hydrogen-bond donors (Lipinski definition) is 5. The highest BCUT2D eigenvalue weighted by Gasteiger charge is 2.28. The number of nitrogens with one attached hydrogen (secondary N) is 1. The lowest BCUT2D eigenvalue weighted by Crippen LogP contribution is -2.46. The van der Waals surface area contributed by atoms with Gasteiger partial charge >= 0.3 is 23.9 Å². The third-order valence-electron chi connectivity index (χ3n) is 3.19. The van der Waals surface area contributed by atoms with Crippen molar-refractivity contribution in [2.75, 3.05) is 19.6 Å². The summed E-state index contributed by atoms with van der Waals surface area (Å²) in [5.41, 5.74) is 0. The van der Waals surface area contributed by atoms with E-state index in [-0.39, 0.29) is 25.8 Å². The molecule has 1 unspecified atom stereocenters. The average molecular weight is 362 g/mol. The summed E-state index contributed by atoms with van der Waals surface area (Å²) in [5, 5.41) is 37.6. The van der Waals surface area contributed by atoms with Gasteiger partial charge in [0.1, 0.15) is 6.04 Å². The lowest BCUT2D eigenvalue weighted by Gasteiger charge is -2.25. The first-order valence-electron chi connectivity index (χ1n) is 7.52. The summed E-state index contributed by atoms with van der Waals surface area (Å²) < 4.78 is 0. The lowest BCUT2D eigenvalue weighted by atomic mass is 10.1. The lowest BCUT2D eigenvalue weighted by molar-refractivity contribution is -0.149. The summed E-state index contributed by atoms with van der Waals surface area (Å²) >= 11 is 0. The van der Waals surface area contributed by atoms with Gasteiger partial charge in [-0.25, -0.2) is 0 Å². The molecular formula is C14H22N2O9. The van der Waals surface area contributed by atoms with Crippen LogP contribution in [-0.2, 0) is 24.0 Å². The van der Waals surface area contributed by atoms with E-state index in [4.69, 9.17) is 15.3 Å². The number of carbonyl (C=O) groups excluding carboxylic acids is 1. The fourth-order valence-electron chi connectivity index (χ4n) is 2.09. The highest BCUT2D eigenvalue weighted by atomic mass is 16.4. The van der Waals surface area contributed by atoms with E-state index < -0.39 is 48.9 Å². The minimum atomic E-state index is -1.34. The first kappa shape index (κ1) is 22.3. The van der Waals surface area contributed by atoms with Gasteiger partial charge in [0.05, 0.1) is 19.5 Å². The molecule has 0 radical (unpaired) electrons. The molecule has 1 amide bonds. The van der Waals surface area contributed by atoms with Crippen molar-refractivity contribution in [1.29, 1.82) is 0 Å². The number of carboxylic acid groups (broad SMARTS) is 4. The third kappa shape index (κ3) is 11.5. The monoisotopic (exact) mass is 362 g/mol. The molecule has 0 rings (SSSR count). The van der Waals surface area contributed by atoms with Gasteiger partial charge in [-0.1, -0.05) is 0 Å². The fraction of sp³-hybridized carbons (Fsp3) is 0.643. The standard InChI is InChI=1S/C14H22N2O9/c17-10(4-5-11(18)19)15-6-2-1-3-9(14(24)25)16(7-12(20)21)8-13(22)23/h9H,1-8H2,(H,15,17)(H,18,19)(H,20,21)(H,22,23)(H,24,25). The predicted octanol–water partition coefficient (Wildman–Crippen LogP) is -0.938. The summed E-state index contributed by atoms with van der Waals surface area (Å²) in [6.45, 7) is -1.22. The number of carbonyl (C=O) groups is 5. The number of carboxylic acids is 4. The van der Waals surface area contributed by atoms with E-state index in [2.05, 4.69) is 5.32 Å². The van der Waals surface area contributed by atoms with Crippen LogP contribution in [0.2, 0.25) is 0 Å². The molecule has 0 aliphatic carbocycles. The van der Waals surface area contributed by atoms with Gasteiger partial charge in [0, 0.05) is 13.0 Å². The summed E-state index contributed by atoms with van der Waals surface area (Å²) in [4.78, 5) is 55.2. The fourth-order valence-corrected chi connectivity index (χ4v) is 2.09. The SMILES string of the molecule is O=C(O)CCC(=O)NCCCCC(C(=O)O)N(CC(=O)O)CC(=O)O. The number of aliphatic carboxylic acids is 4. The maximum atomic E-state index is 11.3. The highest BCUT2D eigenvalue weighted by molar-refractivity contribution is 5.80. The number of rotatable bonds is 14. The molecule has 0 bridgehead atoms. The molecule has 0 spiro atoms. The Labute approximate surface area is 143 Å². The molecule has 0 aliphatic rings. The molecule has 0 saturated carbocycles. The molecule has 0 heterocycles. The van der Waals surface area contributed by atoms with Gasteiger partial charge in [0.25, 0.3) is 0 Å². The maximum Gasteiger partial charge on any atom is 0.320 e. The van der Waals surface area contributed by atoms with Crippen molar-refractivity contribution in [3.05, 3.63) is 0 Å². The number of amides is 1. The van der Waals surface area contributed by atoms with Crippen molar-refractivity contribution in [1.82, 2.24) is 10.2 Å². The van der Waals surface area contributed by atoms with E-state index in [1.165, 1.54) is 0 Å². The Hall–Kier alpha value is -2.69. The summed E-state index contributed by atoms with van der Waals surface area (Å²) in [5.74, 6) is -5.52. The van der Waals surface area contributed by atoms with Gasteiger partial charge in [-0.3, -0.25) is 28.9 Å². The molecule has 0 aromatic carbocycles. The second-order valence-electron chi connectivity index (χ2n) is 5.29. The van der Waals surface area contributed by atoms with Crippen molar-refractivity contribution in [2.24, 2.45) is 0 Å². The van der Waals surface area contributed by atoms with Gasteiger partial charge < -0.3 is 25.7 Å². The third-order valence-corrected chi connectivity index (χ3v) is 3.19. The zero-order chi connectivity index (χ0) is 19.4. The van der Waals surface area contributed by atoms with Crippen LogP contribution in [0, 0.1) is 0 Å². The molecule has 1 atom stereocenters.